The van der Waals surface area contributed by atoms with E-state index < -0.39 is 0 Å². The second-order valence-corrected chi connectivity index (χ2v) is 4.53. The molecule has 0 aliphatic carbocycles. The van der Waals surface area contributed by atoms with E-state index in [-0.39, 0.29) is 0 Å². The van der Waals surface area contributed by atoms with Gasteiger partial charge in [-0.15, -0.1) is 0 Å². The number of hydrogen-bond donors (Lipinski definition) is 1. The Hall–Kier alpha value is -0.450. The van der Waals surface area contributed by atoms with Crippen LogP contribution in [-0.4, -0.2) is 16.0 Å². The molecule has 0 fully saturated rings. The number of thiocarbonyl (C=S) groups is 1. The molecular formula is C9H11ClN2S2. The van der Waals surface area contributed by atoms with Crippen LogP contribution in [0.25, 0.3) is 0 Å². The zero-order valence-electron chi connectivity index (χ0n) is 7.74. The average molecular weight is 247 g/mol. The number of nitrogens with zero attached hydrogens (tertiary/aromatic N) is 1. The average Bonchev–Trinajstić information content (AvgIpc) is 2.16. The van der Waals surface area contributed by atoms with E-state index in [1.165, 1.54) is 11.9 Å². The van der Waals surface area contributed by atoms with Gasteiger partial charge in [-0.3, -0.25) is 4.31 Å². The van der Waals surface area contributed by atoms with Crippen LogP contribution in [0.15, 0.2) is 29.2 Å². The molecule has 0 spiro atoms. The van der Waals surface area contributed by atoms with Crippen molar-refractivity contribution in [1.82, 2.24) is 4.31 Å². The van der Waals surface area contributed by atoms with Crippen LogP contribution >= 0.6 is 35.8 Å². The van der Waals surface area contributed by atoms with Gasteiger partial charge in [0.1, 0.15) is 0 Å². The molecule has 0 unspecified atom stereocenters. The molecule has 0 saturated heterocycles. The van der Waals surface area contributed by atoms with Gasteiger partial charge in [0.05, 0.1) is 0 Å². The molecule has 0 radical (unpaired) electrons. The van der Waals surface area contributed by atoms with Crippen molar-refractivity contribution in [3.63, 3.8) is 0 Å². The topological polar surface area (TPSA) is 29.3 Å². The fourth-order valence-electron chi connectivity index (χ4n) is 0.888. The molecule has 76 valence electrons. The summed E-state index contributed by atoms with van der Waals surface area (Å²) in [6, 6.07) is 7.57. The highest BCUT2D eigenvalue weighted by Crippen LogP contribution is 2.23. The molecule has 1 aromatic carbocycles. The van der Waals surface area contributed by atoms with Crippen LogP contribution in [0.2, 0.25) is 5.02 Å². The Morgan fingerprint density at radius 3 is 2.50 bits per heavy atom. The summed E-state index contributed by atoms with van der Waals surface area (Å²) >= 11 is 12.2. The van der Waals surface area contributed by atoms with Gasteiger partial charge < -0.3 is 5.73 Å². The second-order valence-electron chi connectivity index (χ2n) is 2.58. The molecule has 0 aromatic heterocycles. The van der Waals surface area contributed by atoms with Gasteiger partial charge in [0, 0.05) is 16.5 Å². The first kappa shape index (κ1) is 11.6. The lowest BCUT2D eigenvalue weighted by atomic mass is 10.4. The van der Waals surface area contributed by atoms with Gasteiger partial charge in [0.2, 0.25) is 0 Å². The van der Waals surface area contributed by atoms with Crippen LogP contribution in [0.4, 0.5) is 0 Å². The summed E-state index contributed by atoms with van der Waals surface area (Å²) in [5.41, 5.74) is 5.54. The number of hydrogen-bond acceptors (Lipinski definition) is 2. The Balaban J connectivity index is 2.67. The Bertz CT molecular complexity index is 313. The predicted molar refractivity (Wildman–Crippen MR) is 66.5 cm³/mol. The third-order valence-corrected chi connectivity index (χ3v) is 3.31. The zero-order valence-corrected chi connectivity index (χ0v) is 10.1. The summed E-state index contributed by atoms with van der Waals surface area (Å²) in [7, 11) is 0. The highest BCUT2D eigenvalue weighted by atomic mass is 35.5. The fourth-order valence-corrected chi connectivity index (χ4v) is 1.99. The first-order chi connectivity index (χ1) is 6.63. The molecule has 1 aromatic rings. The molecule has 1 rings (SSSR count). The lowest BCUT2D eigenvalue weighted by molar-refractivity contribution is 0.719. The maximum absolute atomic E-state index is 5.77. The standard InChI is InChI=1S/C9H11ClN2S2/c1-2-12(9(11)13)14-8-5-3-7(10)4-6-8/h3-6H,2H2,1H3,(H2,11,13). The minimum Gasteiger partial charge on any atom is -0.375 e. The van der Waals surface area contributed by atoms with E-state index in [2.05, 4.69) is 0 Å². The summed E-state index contributed by atoms with van der Waals surface area (Å²) in [6.45, 7) is 2.78. The third-order valence-electron chi connectivity index (χ3n) is 1.56. The molecule has 5 heteroatoms. The van der Waals surface area contributed by atoms with Crippen molar-refractivity contribution in [1.29, 1.82) is 0 Å². The van der Waals surface area contributed by atoms with Gasteiger partial charge >= 0.3 is 0 Å². The van der Waals surface area contributed by atoms with E-state index in [1.54, 1.807) is 0 Å². The van der Waals surface area contributed by atoms with Crippen LogP contribution in [0.3, 0.4) is 0 Å². The van der Waals surface area contributed by atoms with E-state index in [1.807, 2.05) is 35.5 Å². The molecule has 0 aliphatic rings. The van der Waals surface area contributed by atoms with E-state index in [0.29, 0.717) is 5.11 Å². The van der Waals surface area contributed by atoms with Crippen molar-refractivity contribution in [2.45, 2.75) is 11.8 Å². The van der Waals surface area contributed by atoms with Crippen LogP contribution in [0, 0.1) is 0 Å². The Labute approximate surface area is 98.5 Å². The monoisotopic (exact) mass is 246 g/mol. The maximum atomic E-state index is 5.77. The molecule has 0 amide bonds. The molecule has 14 heavy (non-hydrogen) atoms. The Kier molecular flexibility index (Phi) is 4.51. The van der Waals surface area contributed by atoms with Crippen LogP contribution < -0.4 is 5.73 Å². The van der Waals surface area contributed by atoms with Gasteiger partial charge in [-0.1, -0.05) is 11.6 Å². The van der Waals surface area contributed by atoms with Gasteiger partial charge in [0.25, 0.3) is 0 Å². The summed E-state index contributed by atoms with van der Waals surface area (Å²) in [5.74, 6) is 0. The van der Waals surface area contributed by atoms with E-state index in [0.717, 1.165) is 16.5 Å². The third kappa shape index (κ3) is 3.36. The lowest BCUT2D eigenvalue weighted by Gasteiger charge is -2.18. The van der Waals surface area contributed by atoms with E-state index >= 15 is 0 Å². The molecule has 0 heterocycles. The largest absolute Gasteiger partial charge is 0.375 e. The number of halogens is 1. The predicted octanol–water partition coefficient (Wildman–Crippen LogP) is 2.91. The number of rotatable bonds is 3. The van der Waals surface area contributed by atoms with Crippen molar-refractivity contribution < 1.29 is 0 Å². The van der Waals surface area contributed by atoms with Crippen LogP contribution in [0.1, 0.15) is 6.92 Å². The molecule has 0 bridgehead atoms. The molecule has 0 atom stereocenters. The van der Waals surface area contributed by atoms with Crippen molar-refractivity contribution in [3.05, 3.63) is 29.3 Å². The summed E-state index contributed by atoms with van der Waals surface area (Å²) in [5, 5.41) is 1.13. The first-order valence-electron chi connectivity index (χ1n) is 4.14. The zero-order chi connectivity index (χ0) is 10.6. The van der Waals surface area contributed by atoms with Crippen LogP contribution in [-0.2, 0) is 0 Å². The minimum absolute atomic E-state index is 0.396. The van der Waals surface area contributed by atoms with Gasteiger partial charge in [-0.25, -0.2) is 0 Å². The van der Waals surface area contributed by atoms with Crippen molar-refractivity contribution in [2.24, 2.45) is 5.73 Å². The SMILES string of the molecule is CCN(Sc1ccc(Cl)cc1)C(N)=S. The molecule has 0 aliphatic heterocycles. The Morgan fingerprint density at radius 2 is 2.07 bits per heavy atom. The molecular weight excluding hydrogens is 236 g/mol. The summed E-state index contributed by atoms with van der Waals surface area (Å²) < 4.78 is 1.85. The fraction of sp³-hybridized carbons (Fsp3) is 0.222. The van der Waals surface area contributed by atoms with Crippen molar-refractivity contribution in [2.75, 3.05) is 6.54 Å². The van der Waals surface area contributed by atoms with E-state index in [9.17, 15) is 0 Å². The van der Waals surface area contributed by atoms with E-state index in [4.69, 9.17) is 29.6 Å². The lowest BCUT2D eigenvalue weighted by Crippen LogP contribution is -2.29. The molecule has 2 N–H and O–H groups in total. The molecule has 2 nitrogen and oxygen atoms in total. The normalized spacial score (nSPS) is 9.86. The second kappa shape index (κ2) is 5.44. The highest BCUT2D eigenvalue weighted by Gasteiger charge is 2.05. The highest BCUT2D eigenvalue weighted by molar-refractivity contribution is 7.98. The summed E-state index contributed by atoms with van der Waals surface area (Å²) in [4.78, 5) is 1.07. The Morgan fingerprint density at radius 1 is 1.50 bits per heavy atom. The van der Waals surface area contributed by atoms with Crippen molar-refractivity contribution >= 4 is 40.9 Å². The minimum atomic E-state index is 0.396. The molecule has 0 saturated carbocycles. The number of benzene rings is 1. The quantitative estimate of drug-likeness (QED) is 0.656. The van der Waals surface area contributed by atoms with Gasteiger partial charge in [0.15, 0.2) is 5.11 Å². The maximum Gasteiger partial charge on any atom is 0.176 e. The number of nitrogens with two attached hydrogens (primary N) is 1. The van der Waals surface area contributed by atoms with Crippen molar-refractivity contribution in [3.8, 4) is 0 Å². The summed E-state index contributed by atoms with van der Waals surface area (Å²) in [6.07, 6.45) is 0. The smallest absolute Gasteiger partial charge is 0.176 e. The van der Waals surface area contributed by atoms with Gasteiger partial charge in [-0.05, 0) is 55.4 Å². The van der Waals surface area contributed by atoms with Crippen LogP contribution in [0.5, 0.6) is 0 Å². The van der Waals surface area contributed by atoms with Gasteiger partial charge in [-0.2, -0.15) is 0 Å². The first-order valence-corrected chi connectivity index (χ1v) is 5.70.